The van der Waals surface area contributed by atoms with Gasteiger partial charge in [-0.05, 0) is 43.2 Å². The maximum Gasteiger partial charge on any atom is 0.253 e. The molecule has 1 heterocycles. The summed E-state index contributed by atoms with van der Waals surface area (Å²) in [5.74, 6) is -1.75. The van der Waals surface area contributed by atoms with Crippen LogP contribution in [-0.2, 0) is 0 Å². The van der Waals surface area contributed by atoms with Crippen LogP contribution in [0.2, 0.25) is 0 Å². The van der Waals surface area contributed by atoms with Crippen molar-refractivity contribution in [2.45, 2.75) is 18.9 Å². The van der Waals surface area contributed by atoms with E-state index < -0.39 is 11.6 Å². The fourth-order valence-corrected chi connectivity index (χ4v) is 3.20. The SMILES string of the molecule is CN(C)c1cccc(C(=O)N2CCC[C@@H](Nc3ccc(F)c(F)c3)C2)c1. The van der Waals surface area contributed by atoms with E-state index in [4.69, 9.17) is 0 Å². The molecular formula is C20H23F2N3O. The van der Waals surface area contributed by atoms with Crippen LogP contribution in [-0.4, -0.2) is 44.0 Å². The van der Waals surface area contributed by atoms with E-state index in [0.717, 1.165) is 30.7 Å². The number of piperidine rings is 1. The summed E-state index contributed by atoms with van der Waals surface area (Å²) in [6, 6.07) is 11.3. The molecule has 1 saturated heterocycles. The summed E-state index contributed by atoms with van der Waals surface area (Å²) in [5, 5.41) is 3.21. The van der Waals surface area contributed by atoms with Crippen molar-refractivity contribution in [3.63, 3.8) is 0 Å². The number of halogens is 2. The Labute approximate surface area is 152 Å². The van der Waals surface area contributed by atoms with E-state index in [2.05, 4.69) is 5.32 Å². The van der Waals surface area contributed by atoms with Gasteiger partial charge in [-0.3, -0.25) is 4.79 Å². The van der Waals surface area contributed by atoms with Gasteiger partial charge in [0.15, 0.2) is 11.6 Å². The van der Waals surface area contributed by atoms with Crippen molar-refractivity contribution in [3.8, 4) is 0 Å². The van der Waals surface area contributed by atoms with E-state index >= 15 is 0 Å². The Kier molecular flexibility index (Phi) is 5.40. The Morgan fingerprint density at radius 3 is 2.69 bits per heavy atom. The lowest BCUT2D eigenvalue weighted by molar-refractivity contribution is 0.0715. The average Bonchev–Trinajstić information content (AvgIpc) is 2.64. The third kappa shape index (κ3) is 4.12. The van der Waals surface area contributed by atoms with Gasteiger partial charge in [-0.15, -0.1) is 0 Å². The first-order chi connectivity index (χ1) is 12.4. The minimum Gasteiger partial charge on any atom is -0.380 e. The fraction of sp³-hybridized carbons (Fsp3) is 0.350. The number of nitrogens with one attached hydrogen (secondary N) is 1. The van der Waals surface area contributed by atoms with Crippen LogP contribution in [0.25, 0.3) is 0 Å². The molecule has 2 aromatic carbocycles. The Morgan fingerprint density at radius 2 is 1.96 bits per heavy atom. The second kappa shape index (κ2) is 7.72. The molecule has 4 nitrogen and oxygen atoms in total. The van der Waals surface area contributed by atoms with Crippen molar-refractivity contribution in [3.05, 3.63) is 59.7 Å². The highest BCUT2D eigenvalue weighted by molar-refractivity contribution is 5.95. The molecule has 6 heteroatoms. The summed E-state index contributed by atoms with van der Waals surface area (Å²) >= 11 is 0. The van der Waals surface area contributed by atoms with Crippen LogP contribution < -0.4 is 10.2 Å². The number of likely N-dealkylation sites (tertiary alicyclic amines) is 1. The van der Waals surface area contributed by atoms with Crippen molar-refractivity contribution >= 4 is 17.3 Å². The molecule has 3 rings (SSSR count). The third-order valence-electron chi connectivity index (χ3n) is 4.61. The van der Waals surface area contributed by atoms with Gasteiger partial charge in [0, 0.05) is 56.2 Å². The molecule has 0 aliphatic carbocycles. The number of carbonyl (C=O) groups is 1. The second-order valence-electron chi connectivity index (χ2n) is 6.81. The summed E-state index contributed by atoms with van der Waals surface area (Å²) in [5.41, 5.74) is 2.16. The van der Waals surface area contributed by atoms with Crippen molar-refractivity contribution in [2.24, 2.45) is 0 Å². The van der Waals surface area contributed by atoms with Crippen LogP contribution in [0.5, 0.6) is 0 Å². The highest BCUT2D eigenvalue weighted by Crippen LogP contribution is 2.21. The van der Waals surface area contributed by atoms with Gasteiger partial charge >= 0.3 is 0 Å². The van der Waals surface area contributed by atoms with Gasteiger partial charge in [0.2, 0.25) is 0 Å². The Balaban J connectivity index is 1.68. The number of amides is 1. The van der Waals surface area contributed by atoms with E-state index in [9.17, 15) is 13.6 Å². The number of hydrogen-bond donors (Lipinski definition) is 1. The topological polar surface area (TPSA) is 35.6 Å². The average molecular weight is 359 g/mol. The summed E-state index contributed by atoms with van der Waals surface area (Å²) in [4.78, 5) is 16.6. The minimum absolute atomic E-state index is 0.00881. The highest BCUT2D eigenvalue weighted by Gasteiger charge is 2.25. The predicted molar refractivity (Wildman–Crippen MR) is 99.7 cm³/mol. The molecule has 1 atom stereocenters. The number of benzene rings is 2. The van der Waals surface area contributed by atoms with E-state index in [-0.39, 0.29) is 11.9 Å². The van der Waals surface area contributed by atoms with Crippen LogP contribution >= 0.6 is 0 Å². The number of rotatable bonds is 4. The smallest absolute Gasteiger partial charge is 0.253 e. The van der Waals surface area contributed by atoms with Crippen molar-refractivity contribution in [1.82, 2.24) is 4.90 Å². The maximum absolute atomic E-state index is 13.4. The first-order valence-electron chi connectivity index (χ1n) is 8.72. The van der Waals surface area contributed by atoms with Crippen LogP contribution in [0.15, 0.2) is 42.5 Å². The first kappa shape index (κ1) is 18.2. The molecule has 0 unspecified atom stereocenters. The molecule has 1 aliphatic rings. The lowest BCUT2D eigenvalue weighted by Gasteiger charge is -2.34. The summed E-state index contributed by atoms with van der Waals surface area (Å²) in [6.07, 6.45) is 1.74. The molecule has 1 aliphatic heterocycles. The molecule has 1 fully saturated rings. The quantitative estimate of drug-likeness (QED) is 0.903. The molecule has 1 amide bonds. The van der Waals surface area contributed by atoms with Crippen LogP contribution in [0, 0.1) is 11.6 Å². The van der Waals surface area contributed by atoms with Crippen molar-refractivity contribution in [2.75, 3.05) is 37.4 Å². The summed E-state index contributed by atoms with van der Waals surface area (Å²) in [7, 11) is 3.87. The van der Waals surface area contributed by atoms with Crippen molar-refractivity contribution < 1.29 is 13.6 Å². The van der Waals surface area contributed by atoms with Gasteiger partial charge in [0.1, 0.15) is 0 Å². The number of carbonyl (C=O) groups excluding carboxylic acids is 1. The Bertz CT molecular complexity index is 794. The highest BCUT2D eigenvalue weighted by atomic mass is 19.2. The van der Waals surface area contributed by atoms with Crippen LogP contribution in [0.1, 0.15) is 23.2 Å². The molecule has 2 aromatic rings. The largest absolute Gasteiger partial charge is 0.380 e. The molecule has 138 valence electrons. The normalized spacial score (nSPS) is 17.1. The molecule has 26 heavy (non-hydrogen) atoms. The monoisotopic (exact) mass is 359 g/mol. The summed E-state index contributed by atoms with van der Waals surface area (Å²) in [6.45, 7) is 1.23. The van der Waals surface area contributed by atoms with Gasteiger partial charge in [-0.1, -0.05) is 6.07 Å². The Morgan fingerprint density at radius 1 is 1.15 bits per heavy atom. The molecule has 0 bridgehead atoms. The van der Waals surface area contributed by atoms with E-state index in [0.29, 0.717) is 24.3 Å². The number of nitrogens with zero attached hydrogens (tertiary/aromatic N) is 2. The minimum atomic E-state index is -0.876. The lowest BCUT2D eigenvalue weighted by atomic mass is 10.0. The van der Waals surface area contributed by atoms with Crippen LogP contribution in [0.3, 0.4) is 0 Å². The molecule has 0 spiro atoms. The zero-order valence-electron chi connectivity index (χ0n) is 15.0. The Hall–Kier alpha value is -2.63. The van der Waals surface area contributed by atoms with E-state index in [1.54, 1.807) is 0 Å². The lowest BCUT2D eigenvalue weighted by Crippen LogP contribution is -2.45. The molecule has 0 saturated carbocycles. The maximum atomic E-state index is 13.4. The molecular weight excluding hydrogens is 336 g/mol. The van der Waals surface area contributed by atoms with E-state index in [1.165, 1.54) is 6.07 Å². The second-order valence-corrected chi connectivity index (χ2v) is 6.81. The van der Waals surface area contributed by atoms with Gasteiger partial charge in [0.25, 0.3) is 5.91 Å². The number of hydrogen-bond acceptors (Lipinski definition) is 3. The predicted octanol–water partition coefficient (Wildman–Crippen LogP) is 3.75. The zero-order valence-corrected chi connectivity index (χ0v) is 15.0. The van der Waals surface area contributed by atoms with Gasteiger partial charge in [-0.25, -0.2) is 8.78 Å². The molecule has 0 radical (unpaired) electrons. The fourth-order valence-electron chi connectivity index (χ4n) is 3.20. The number of anilines is 2. The van der Waals surface area contributed by atoms with Crippen LogP contribution in [0.4, 0.5) is 20.2 Å². The van der Waals surface area contributed by atoms with E-state index in [1.807, 2.05) is 48.2 Å². The van der Waals surface area contributed by atoms with Gasteiger partial charge in [0.05, 0.1) is 0 Å². The first-order valence-corrected chi connectivity index (χ1v) is 8.72. The third-order valence-corrected chi connectivity index (χ3v) is 4.61. The molecule has 0 aromatic heterocycles. The standard InChI is InChI=1S/C20H23F2N3O/c1-24(2)17-7-3-5-14(11-17)20(26)25-10-4-6-16(13-25)23-15-8-9-18(21)19(22)12-15/h3,5,7-9,11-12,16,23H,4,6,10,13H2,1-2H3/t16-/m1/s1. The zero-order chi connectivity index (χ0) is 18.7. The van der Waals surface area contributed by atoms with Crippen molar-refractivity contribution in [1.29, 1.82) is 0 Å². The molecule has 1 N–H and O–H groups in total. The van der Waals surface area contributed by atoms with Gasteiger partial charge < -0.3 is 15.1 Å². The summed E-state index contributed by atoms with van der Waals surface area (Å²) < 4.78 is 26.4. The van der Waals surface area contributed by atoms with Gasteiger partial charge in [-0.2, -0.15) is 0 Å².